The van der Waals surface area contributed by atoms with E-state index in [0.717, 1.165) is 21.9 Å². The van der Waals surface area contributed by atoms with Crippen molar-refractivity contribution in [2.45, 2.75) is 38.0 Å². The van der Waals surface area contributed by atoms with Crippen LogP contribution >= 0.6 is 23.5 Å². The molecule has 2 aliphatic rings. The quantitative estimate of drug-likeness (QED) is 0.250. The average molecular weight is 490 g/mol. The number of benzene rings is 1. The summed E-state index contributed by atoms with van der Waals surface area (Å²) in [6, 6.07) is 7.84. The van der Waals surface area contributed by atoms with Crippen LogP contribution in [0.2, 0.25) is 0 Å². The third-order valence-corrected chi connectivity index (χ3v) is 7.68. The number of hydrogen-bond acceptors (Lipinski definition) is 8. The topological polar surface area (TPSA) is 81.7 Å². The second-order valence-electron chi connectivity index (χ2n) is 8.14. The number of carbonyl (C=O) groups is 3. The van der Waals surface area contributed by atoms with Gasteiger partial charge in [-0.3, -0.25) is 9.59 Å². The highest BCUT2D eigenvalue weighted by atomic mass is 32.2. The molecule has 1 aromatic rings. The molecule has 33 heavy (non-hydrogen) atoms. The third kappa shape index (κ3) is 5.32. The van der Waals surface area contributed by atoms with E-state index in [0.29, 0.717) is 35.6 Å². The minimum absolute atomic E-state index is 0.205. The summed E-state index contributed by atoms with van der Waals surface area (Å²) in [5.41, 5.74) is 3.14. The number of carbonyl (C=O) groups excluding carboxylic acids is 3. The molecule has 1 aromatic carbocycles. The second-order valence-corrected chi connectivity index (χ2v) is 10.4. The Hall–Kier alpha value is -2.19. The monoisotopic (exact) mass is 489 g/mol. The Balaban J connectivity index is 2.06. The van der Waals surface area contributed by atoms with Crippen LogP contribution in [0.3, 0.4) is 0 Å². The number of esters is 2. The Bertz CT molecular complexity index is 983. The Morgan fingerprint density at radius 2 is 1.91 bits per heavy atom. The number of hydrogen-bond donors (Lipinski definition) is 1. The van der Waals surface area contributed by atoms with Gasteiger partial charge in [0.1, 0.15) is 12.5 Å². The summed E-state index contributed by atoms with van der Waals surface area (Å²) in [6.07, 6.45) is 2.52. The van der Waals surface area contributed by atoms with Gasteiger partial charge >= 0.3 is 11.9 Å². The average Bonchev–Trinajstić information content (AvgIpc) is 2.80. The van der Waals surface area contributed by atoms with Crippen molar-refractivity contribution in [1.82, 2.24) is 5.32 Å². The van der Waals surface area contributed by atoms with Crippen LogP contribution in [0, 0.1) is 11.8 Å². The van der Waals surface area contributed by atoms with E-state index in [1.165, 1.54) is 7.11 Å². The van der Waals surface area contributed by atoms with Gasteiger partial charge in [0.15, 0.2) is 5.78 Å². The van der Waals surface area contributed by atoms with E-state index in [1.807, 2.05) is 44.4 Å². The lowest BCUT2D eigenvalue weighted by atomic mass is 9.69. The van der Waals surface area contributed by atoms with Gasteiger partial charge in [-0.15, -0.1) is 11.8 Å². The number of methoxy groups -OCH3 is 1. The normalized spacial score (nSPS) is 22.6. The van der Waals surface area contributed by atoms with Gasteiger partial charge in [-0.1, -0.05) is 26.0 Å². The van der Waals surface area contributed by atoms with Gasteiger partial charge in [0, 0.05) is 33.5 Å². The molecule has 0 bridgehead atoms. The Labute approximate surface area is 203 Å². The minimum Gasteiger partial charge on any atom is -0.468 e. The fourth-order valence-corrected chi connectivity index (χ4v) is 5.39. The molecule has 0 aromatic heterocycles. The first-order chi connectivity index (χ1) is 15.8. The summed E-state index contributed by atoms with van der Waals surface area (Å²) in [7, 11) is 1.30. The van der Waals surface area contributed by atoms with Gasteiger partial charge in [0.05, 0.1) is 12.7 Å². The second kappa shape index (κ2) is 11.3. The number of allylic oxidation sites excluding steroid dienone is 3. The molecule has 0 radical (unpaired) electrons. The zero-order valence-electron chi connectivity index (χ0n) is 19.7. The maximum atomic E-state index is 13.7. The molecule has 0 fully saturated rings. The van der Waals surface area contributed by atoms with Gasteiger partial charge < -0.3 is 14.8 Å². The SMILES string of the molecule is CCSCCOC(=O)C1=C(C)NC2=C(C(=O)[C@@H](C(=O)OC)[C@H](C)C2)[C@H]1c1ccc(SC)cc1. The number of dihydropyridines is 1. The lowest BCUT2D eigenvalue weighted by molar-refractivity contribution is -0.151. The standard InChI is InChI=1S/C25H31NO5S2/c1-6-33-12-11-31-25(29)20-15(3)26-18-13-14(2)19(24(28)30-4)23(27)22(18)21(20)16-7-9-17(32-5)10-8-16/h7-10,14,19,21,26H,6,11-13H2,1-5H3/t14-,19+,21+/m1/s1. The van der Waals surface area contributed by atoms with Gasteiger partial charge in [-0.2, -0.15) is 11.8 Å². The van der Waals surface area contributed by atoms with E-state index in [2.05, 4.69) is 12.2 Å². The van der Waals surface area contributed by atoms with Crippen LogP contribution in [0.4, 0.5) is 0 Å². The third-order valence-electron chi connectivity index (χ3n) is 6.08. The highest BCUT2D eigenvalue weighted by Gasteiger charge is 2.47. The lowest BCUT2D eigenvalue weighted by Crippen LogP contribution is -2.43. The fourth-order valence-electron chi connectivity index (χ4n) is 4.50. The molecule has 0 spiro atoms. The maximum absolute atomic E-state index is 13.7. The zero-order valence-corrected chi connectivity index (χ0v) is 21.4. The summed E-state index contributed by atoms with van der Waals surface area (Å²) >= 11 is 3.32. The fraction of sp³-hybridized carbons (Fsp3) is 0.480. The number of ketones is 1. The smallest absolute Gasteiger partial charge is 0.336 e. The molecule has 0 unspecified atom stereocenters. The van der Waals surface area contributed by atoms with Crippen molar-refractivity contribution in [3.8, 4) is 0 Å². The van der Waals surface area contributed by atoms with Gasteiger partial charge in [-0.25, -0.2) is 4.79 Å². The van der Waals surface area contributed by atoms with Crippen LogP contribution in [0.5, 0.6) is 0 Å². The molecule has 3 rings (SSSR count). The molecule has 0 amide bonds. The van der Waals surface area contributed by atoms with E-state index >= 15 is 0 Å². The summed E-state index contributed by atoms with van der Waals surface area (Å²) < 4.78 is 10.5. The summed E-state index contributed by atoms with van der Waals surface area (Å²) in [4.78, 5) is 40.5. The van der Waals surface area contributed by atoms with Gasteiger partial charge in [0.2, 0.25) is 0 Å². The highest BCUT2D eigenvalue weighted by molar-refractivity contribution is 7.99. The molecule has 6 nitrogen and oxygen atoms in total. The predicted molar refractivity (Wildman–Crippen MR) is 132 cm³/mol. The van der Waals surface area contributed by atoms with Crippen LogP contribution < -0.4 is 5.32 Å². The molecule has 1 heterocycles. The number of Topliss-reactive ketones (excluding diaryl/α,β-unsaturated/α-hetero) is 1. The van der Waals surface area contributed by atoms with E-state index in [4.69, 9.17) is 9.47 Å². The molecule has 8 heteroatoms. The van der Waals surface area contributed by atoms with Crippen molar-refractivity contribution in [3.63, 3.8) is 0 Å². The van der Waals surface area contributed by atoms with Crippen LogP contribution in [-0.4, -0.2) is 49.2 Å². The first kappa shape index (κ1) is 25.4. The van der Waals surface area contributed by atoms with E-state index in [9.17, 15) is 14.4 Å². The Morgan fingerprint density at radius 3 is 2.52 bits per heavy atom. The number of rotatable bonds is 8. The molecular weight excluding hydrogens is 458 g/mol. The van der Waals surface area contributed by atoms with Crippen molar-refractivity contribution in [3.05, 3.63) is 52.4 Å². The number of ether oxygens (including phenoxy) is 2. The highest BCUT2D eigenvalue weighted by Crippen LogP contribution is 2.45. The first-order valence-corrected chi connectivity index (χ1v) is 13.4. The molecule has 3 atom stereocenters. The lowest BCUT2D eigenvalue weighted by Gasteiger charge is -2.38. The van der Waals surface area contributed by atoms with Crippen LogP contribution in [0.15, 0.2) is 51.7 Å². The van der Waals surface area contributed by atoms with E-state index < -0.39 is 23.8 Å². The van der Waals surface area contributed by atoms with E-state index in [1.54, 1.807) is 23.5 Å². The zero-order chi connectivity index (χ0) is 24.1. The molecule has 1 aliphatic heterocycles. The van der Waals surface area contributed by atoms with Gasteiger partial charge in [-0.05, 0) is 49.0 Å². The van der Waals surface area contributed by atoms with Gasteiger partial charge in [0.25, 0.3) is 0 Å². The van der Waals surface area contributed by atoms with Crippen molar-refractivity contribution < 1.29 is 23.9 Å². The van der Waals surface area contributed by atoms with E-state index in [-0.39, 0.29) is 11.7 Å². The number of thioether (sulfide) groups is 2. The summed E-state index contributed by atoms with van der Waals surface area (Å²) in [5.74, 6) is -1.31. The molecule has 1 aliphatic carbocycles. The van der Waals surface area contributed by atoms with Crippen LogP contribution in [0.1, 0.15) is 38.7 Å². The number of nitrogens with one attached hydrogen (secondary N) is 1. The van der Waals surface area contributed by atoms with Crippen LogP contribution in [-0.2, 0) is 23.9 Å². The van der Waals surface area contributed by atoms with Crippen molar-refractivity contribution in [2.24, 2.45) is 11.8 Å². The first-order valence-electron chi connectivity index (χ1n) is 11.1. The van der Waals surface area contributed by atoms with Crippen molar-refractivity contribution >= 4 is 41.2 Å². The minimum atomic E-state index is -0.889. The molecule has 0 saturated heterocycles. The molecule has 0 saturated carbocycles. The molecule has 1 N–H and O–H groups in total. The largest absolute Gasteiger partial charge is 0.468 e. The maximum Gasteiger partial charge on any atom is 0.336 e. The molecule has 178 valence electrons. The summed E-state index contributed by atoms with van der Waals surface area (Å²) in [5, 5.41) is 3.29. The summed E-state index contributed by atoms with van der Waals surface area (Å²) in [6.45, 7) is 6.07. The molecular formula is C25H31NO5S2. The Morgan fingerprint density at radius 1 is 1.21 bits per heavy atom. The van der Waals surface area contributed by atoms with Crippen molar-refractivity contribution in [2.75, 3.05) is 31.5 Å². The predicted octanol–water partition coefficient (Wildman–Crippen LogP) is 4.32. The van der Waals surface area contributed by atoms with Crippen molar-refractivity contribution in [1.29, 1.82) is 0 Å². The van der Waals surface area contributed by atoms with Crippen LogP contribution in [0.25, 0.3) is 0 Å². The Kier molecular flexibility index (Phi) is 8.70.